The van der Waals surface area contributed by atoms with Crippen molar-refractivity contribution < 1.29 is 14.7 Å². The first-order valence-corrected chi connectivity index (χ1v) is 7.10. The van der Waals surface area contributed by atoms with Crippen molar-refractivity contribution in [2.24, 2.45) is 5.73 Å². The molecule has 0 spiro atoms. The van der Waals surface area contributed by atoms with Crippen molar-refractivity contribution in [1.82, 2.24) is 4.90 Å². The second kappa shape index (κ2) is 9.10. The zero-order valence-corrected chi connectivity index (χ0v) is 12.3. The van der Waals surface area contributed by atoms with E-state index in [0.717, 1.165) is 19.4 Å². The summed E-state index contributed by atoms with van der Waals surface area (Å²) in [6.45, 7) is 3.45. The molecule has 0 aliphatic heterocycles. The number of para-hydroxylation sites is 1. The Morgan fingerprint density at radius 1 is 1.29 bits per heavy atom. The zero-order chi connectivity index (χ0) is 15.7. The largest absolute Gasteiger partial charge is 0.395 e. The third-order valence-corrected chi connectivity index (χ3v) is 3.08. The zero-order valence-electron chi connectivity index (χ0n) is 12.3. The van der Waals surface area contributed by atoms with Gasteiger partial charge in [-0.3, -0.25) is 14.5 Å². The van der Waals surface area contributed by atoms with Crippen LogP contribution in [-0.2, 0) is 4.79 Å². The highest BCUT2D eigenvalue weighted by molar-refractivity contribution is 6.03. The number of primary amides is 1. The highest BCUT2D eigenvalue weighted by Gasteiger charge is 2.13. The summed E-state index contributed by atoms with van der Waals surface area (Å²) in [4.78, 5) is 25.2. The van der Waals surface area contributed by atoms with Gasteiger partial charge in [0.15, 0.2) is 0 Å². The summed E-state index contributed by atoms with van der Waals surface area (Å²) in [5.41, 5.74) is 5.97. The molecule has 21 heavy (non-hydrogen) atoms. The summed E-state index contributed by atoms with van der Waals surface area (Å²) in [6.07, 6.45) is 1.99. The van der Waals surface area contributed by atoms with Crippen molar-refractivity contribution in [3.8, 4) is 0 Å². The lowest BCUT2D eigenvalue weighted by Crippen LogP contribution is -2.36. The lowest BCUT2D eigenvalue weighted by Gasteiger charge is -2.20. The first-order valence-electron chi connectivity index (χ1n) is 7.10. The number of benzene rings is 1. The number of hydrogen-bond donors (Lipinski definition) is 3. The molecule has 0 bridgehead atoms. The van der Waals surface area contributed by atoms with Gasteiger partial charge in [0.1, 0.15) is 0 Å². The molecule has 0 aromatic heterocycles. The normalized spacial score (nSPS) is 10.6. The molecule has 116 valence electrons. The third-order valence-electron chi connectivity index (χ3n) is 3.08. The lowest BCUT2D eigenvalue weighted by molar-refractivity contribution is -0.117. The molecule has 2 amide bonds. The number of rotatable bonds is 9. The predicted octanol–water partition coefficient (Wildman–Crippen LogP) is 0.818. The Morgan fingerprint density at radius 2 is 2.00 bits per heavy atom. The average molecular weight is 293 g/mol. The summed E-state index contributed by atoms with van der Waals surface area (Å²) in [5, 5.41) is 11.7. The van der Waals surface area contributed by atoms with Gasteiger partial charge in [0.25, 0.3) is 5.91 Å². The van der Waals surface area contributed by atoms with E-state index in [1.807, 2.05) is 4.90 Å². The van der Waals surface area contributed by atoms with Crippen LogP contribution in [0, 0.1) is 0 Å². The summed E-state index contributed by atoms with van der Waals surface area (Å²) in [6, 6.07) is 6.63. The molecule has 1 aromatic carbocycles. The minimum atomic E-state index is -0.580. The molecule has 4 N–H and O–H groups in total. The molecule has 1 aromatic rings. The van der Waals surface area contributed by atoms with E-state index in [1.54, 1.807) is 24.3 Å². The van der Waals surface area contributed by atoms with E-state index in [9.17, 15) is 9.59 Å². The van der Waals surface area contributed by atoms with Crippen LogP contribution in [0.1, 0.15) is 30.1 Å². The van der Waals surface area contributed by atoms with Crippen LogP contribution in [0.3, 0.4) is 0 Å². The van der Waals surface area contributed by atoms with Crippen molar-refractivity contribution >= 4 is 17.5 Å². The summed E-state index contributed by atoms with van der Waals surface area (Å²) >= 11 is 0. The molecular formula is C15H23N3O3. The number of nitrogens with two attached hydrogens (primary N) is 1. The molecule has 0 saturated carbocycles. The van der Waals surface area contributed by atoms with E-state index in [4.69, 9.17) is 10.8 Å². The van der Waals surface area contributed by atoms with Gasteiger partial charge in [0, 0.05) is 6.54 Å². The minimum absolute atomic E-state index is 0.00880. The molecule has 0 fully saturated rings. The minimum Gasteiger partial charge on any atom is -0.395 e. The summed E-state index contributed by atoms with van der Waals surface area (Å²) in [5.74, 6) is -0.808. The van der Waals surface area contributed by atoms with E-state index >= 15 is 0 Å². The maximum Gasteiger partial charge on any atom is 0.250 e. The first-order chi connectivity index (χ1) is 10.1. The number of anilines is 1. The molecule has 0 aliphatic rings. The smallest absolute Gasteiger partial charge is 0.250 e. The molecule has 0 saturated heterocycles. The van der Waals surface area contributed by atoms with Gasteiger partial charge in [-0.1, -0.05) is 25.5 Å². The van der Waals surface area contributed by atoms with E-state index in [2.05, 4.69) is 12.2 Å². The van der Waals surface area contributed by atoms with Gasteiger partial charge in [-0.05, 0) is 25.1 Å². The molecule has 0 unspecified atom stereocenters. The molecule has 0 atom stereocenters. The Hall–Kier alpha value is -1.92. The maximum atomic E-state index is 12.0. The second-order valence-electron chi connectivity index (χ2n) is 4.81. The van der Waals surface area contributed by atoms with Crippen LogP contribution in [0.5, 0.6) is 0 Å². The quantitative estimate of drug-likeness (QED) is 0.628. The Labute approximate surface area is 124 Å². The highest BCUT2D eigenvalue weighted by Crippen LogP contribution is 2.14. The number of carbonyl (C=O) groups excluding carboxylic acids is 2. The van der Waals surface area contributed by atoms with Gasteiger partial charge < -0.3 is 16.2 Å². The van der Waals surface area contributed by atoms with Crippen LogP contribution >= 0.6 is 0 Å². The number of amides is 2. The van der Waals surface area contributed by atoms with Crippen molar-refractivity contribution in [2.75, 3.05) is 31.6 Å². The van der Waals surface area contributed by atoms with Crippen LogP contribution in [0.2, 0.25) is 0 Å². The molecule has 0 radical (unpaired) electrons. The number of aliphatic hydroxyl groups is 1. The molecule has 1 rings (SSSR count). The summed E-state index contributed by atoms with van der Waals surface area (Å²) < 4.78 is 0. The van der Waals surface area contributed by atoms with Crippen LogP contribution in [0.15, 0.2) is 24.3 Å². The van der Waals surface area contributed by atoms with Crippen LogP contribution < -0.4 is 11.1 Å². The van der Waals surface area contributed by atoms with Crippen molar-refractivity contribution in [3.63, 3.8) is 0 Å². The Morgan fingerprint density at radius 3 is 2.62 bits per heavy atom. The van der Waals surface area contributed by atoms with Crippen molar-refractivity contribution in [1.29, 1.82) is 0 Å². The molecular weight excluding hydrogens is 270 g/mol. The highest BCUT2D eigenvalue weighted by atomic mass is 16.3. The monoisotopic (exact) mass is 293 g/mol. The van der Waals surface area contributed by atoms with Crippen molar-refractivity contribution in [3.05, 3.63) is 29.8 Å². The fourth-order valence-corrected chi connectivity index (χ4v) is 1.99. The predicted molar refractivity (Wildman–Crippen MR) is 82.0 cm³/mol. The number of hydrogen-bond acceptors (Lipinski definition) is 4. The van der Waals surface area contributed by atoms with Crippen LogP contribution in [0.4, 0.5) is 5.69 Å². The topological polar surface area (TPSA) is 95.7 Å². The Bertz CT molecular complexity index is 477. The van der Waals surface area contributed by atoms with E-state index in [1.165, 1.54) is 0 Å². The molecule has 0 aliphatic carbocycles. The number of nitrogens with one attached hydrogen (secondary N) is 1. The summed E-state index contributed by atoms with van der Waals surface area (Å²) in [7, 11) is 0. The Kier molecular flexibility index (Phi) is 7.42. The number of unbranched alkanes of at least 4 members (excludes halogenated alkanes) is 1. The Balaban J connectivity index is 2.65. The average Bonchev–Trinajstić information content (AvgIpc) is 2.45. The van der Waals surface area contributed by atoms with E-state index < -0.39 is 5.91 Å². The van der Waals surface area contributed by atoms with Gasteiger partial charge in [-0.15, -0.1) is 0 Å². The van der Waals surface area contributed by atoms with Gasteiger partial charge in [0.05, 0.1) is 24.4 Å². The lowest BCUT2D eigenvalue weighted by atomic mass is 10.1. The number of carbonyl (C=O) groups is 2. The number of aliphatic hydroxyl groups excluding tert-OH is 1. The second-order valence-corrected chi connectivity index (χ2v) is 4.81. The fraction of sp³-hybridized carbons (Fsp3) is 0.467. The third kappa shape index (κ3) is 5.93. The van der Waals surface area contributed by atoms with Gasteiger partial charge in [-0.25, -0.2) is 0 Å². The van der Waals surface area contributed by atoms with E-state index in [0.29, 0.717) is 12.2 Å². The maximum absolute atomic E-state index is 12.0. The first kappa shape index (κ1) is 17.1. The van der Waals surface area contributed by atoms with Crippen molar-refractivity contribution in [2.45, 2.75) is 19.8 Å². The SMILES string of the molecule is CCCCN(CCO)CC(=O)Nc1ccccc1C(N)=O. The molecule has 6 nitrogen and oxygen atoms in total. The van der Waals surface area contributed by atoms with Crippen LogP contribution in [0.25, 0.3) is 0 Å². The molecule has 6 heteroatoms. The van der Waals surface area contributed by atoms with Gasteiger partial charge in [0.2, 0.25) is 5.91 Å². The fourth-order valence-electron chi connectivity index (χ4n) is 1.99. The van der Waals surface area contributed by atoms with Gasteiger partial charge >= 0.3 is 0 Å². The molecule has 0 heterocycles. The van der Waals surface area contributed by atoms with Crippen LogP contribution in [-0.4, -0.2) is 48.1 Å². The standard InChI is InChI=1S/C15H23N3O3/c1-2-3-8-18(9-10-19)11-14(20)17-13-7-5-4-6-12(13)15(16)21/h4-7,19H,2-3,8-11H2,1H3,(H2,16,21)(H,17,20). The van der Waals surface area contributed by atoms with E-state index in [-0.39, 0.29) is 24.6 Å². The number of nitrogens with zero attached hydrogens (tertiary/aromatic N) is 1. The van der Waals surface area contributed by atoms with Gasteiger partial charge in [-0.2, -0.15) is 0 Å².